The average molecular weight is 457 g/mol. The van der Waals surface area contributed by atoms with E-state index in [-0.39, 0.29) is 41.5 Å². The minimum Gasteiger partial charge on any atom is -0.489 e. The van der Waals surface area contributed by atoms with E-state index in [2.05, 4.69) is 20.6 Å². The normalized spacial score (nSPS) is 10.7. The summed E-state index contributed by atoms with van der Waals surface area (Å²) in [5.74, 6) is -2.62. The van der Waals surface area contributed by atoms with Crippen molar-refractivity contribution in [1.29, 1.82) is 0 Å². The van der Waals surface area contributed by atoms with Gasteiger partial charge in [-0.25, -0.2) is 9.59 Å². The molecule has 0 unspecified atom stereocenters. The van der Waals surface area contributed by atoms with E-state index >= 15 is 0 Å². The summed E-state index contributed by atoms with van der Waals surface area (Å²) in [4.78, 5) is 48.7. The third-order valence-electron chi connectivity index (χ3n) is 4.17. The number of aliphatic hydroxyl groups excluding tert-OH is 1. The number of rotatable bonds is 10. The molecular formula is C22H23N3O8. The Bertz CT molecular complexity index is 1080. The lowest BCUT2D eigenvalue weighted by Gasteiger charge is -2.13. The van der Waals surface area contributed by atoms with Crippen LogP contribution in [-0.4, -0.2) is 61.9 Å². The first kappa shape index (κ1) is 25.0. The quantitative estimate of drug-likeness (QED) is 0.209. The largest absolute Gasteiger partial charge is 0.489 e. The van der Waals surface area contributed by atoms with Crippen molar-refractivity contribution in [2.75, 3.05) is 38.2 Å². The molecule has 0 spiro atoms. The third kappa shape index (κ3) is 6.61. The van der Waals surface area contributed by atoms with Gasteiger partial charge >= 0.3 is 11.9 Å². The molecule has 2 aromatic carbocycles. The second kappa shape index (κ2) is 12.0. The van der Waals surface area contributed by atoms with Crippen LogP contribution < -0.4 is 15.5 Å². The molecule has 0 fully saturated rings. The molecule has 0 aliphatic heterocycles. The highest BCUT2D eigenvalue weighted by atomic mass is 16.5. The van der Waals surface area contributed by atoms with E-state index < -0.39 is 29.3 Å². The van der Waals surface area contributed by atoms with Crippen molar-refractivity contribution in [3.8, 4) is 5.75 Å². The number of nitrogens with one attached hydrogen (secondary N) is 2. The highest BCUT2D eigenvalue weighted by Gasteiger charge is 2.20. The van der Waals surface area contributed by atoms with Crippen LogP contribution in [0, 0.1) is 0 Å². The van der Waals surface area contributed by atoms with Crippen LogP contribution in [0.2, 0.25) is 0 Å². The van der Waals surface area contributed by atoms with Gasteiger partial charge in [-0.05, 0) is 30.3 Å². The van der Waals surface area contributed by atoms with E-state index in [1.165, 1.54) is 32.4 Å². The number of hydrogen-bond donors (Lipinski definition) is 3. The summed E-state index contributed by atoms with van der Waals surface area (Å²) in [5, 5.41) is 15.3. The first-order valence-electron chi connectivity index (χ1n) is 9.61. The number of hydrogen-bond acceptors (Lipinski definition) is 10. The van der Waals surface area contributed by atoms with Crippen LogP contribution in [0.3, 0.4) is 0 Å². The number of aliphatic hydroxyl groups is 1. The van der Waals surface area contributed by atoms with E-state index in [9.17, 15) is 19.2 Å². The monoisotopic (exact) mass is 457 g/mol. The van der Waals surface area contributed by atoms with Gasteiger partial charge in [0.15, 0.2) is 11.5 Å². The fraction of sp³-hybridized carbons (Fsp3) is 0.227. The van der Waals surface area contributed by atoms with E-state index in [0.29, 0.717) is 0 Å². The zero-order chi connectivity index (χ0) is 24.4. The minimum atomic E-state index is -0.848. The molecule has 0 radical (unpaired) electrons. The van der Waals surface area contributed by atoms with Gasteiger partial charge in [-0.2, -0.15) is 5.10 Å². The first-order chi connectivity index (χ1) is 15.8. The van der Waals surface area contributed by atoms with Crippen LogP contribution in [0.1, 0.15) is 27.6 Å². The number of amides is 1. The Labute approximate surface area is 189 Å². The summed E-state index contributed by atoms with van der Waals surface area (Å²) in [6, 6.07) is 10.4. The third-order valence-corrected chi connectivity index (χ3v) is 4.17. The van der Waals surface area contributed by atoms with Crippen LogP contribution in [0.5, 0.6) is 5.75 Å². The maximum absolute atomic E-state index is 12.7. The Morgan fingerprint density at radius 3 is 2.30 bits per heavy atom. The predicted octanol–water partition coefficient (Wildman–Crippen LogP) is 1.63. The molecule has 2 aromatic rings. The number of anilines is 2. The molecule has 11 heteroatoms. The predicted molar refractivity (Wildman–Crippen MR) is 119 cm³/mol. The van der Waals surface area contributed by atoms with Crippen molar-refractivity contribution in [3.63, 3.8) is 0 Å². The maximum atomic E-state index is 12.7. The number of hydrazone groups is 1. The lowest BCUT2D eigenvalue weighted by atomic mass is 10.1. The summed E-state index contributed by atoms with van der Waals surface area (Å²) < 4.78 is 14.7. The lowest BCUT2D eigenvalue weighted by Crippen LogP contribution is -2.29. The molecule has 0 saturated carbocycles. The van der Waals surface area contributed by atoms with Crippen molar-refractivity contribution in [2.45, 2.75) is 6.92 Å². The van der Waals surface area contributed by atoms with E-state index in [1.54, 1.807) is 24.3 Å². The second-order valence-corrected chi connectivity index (χ2v) is 6.39. The Hall–Kier alpha value is -4.25. The van der Waals surface area contributed by atoms with Crippen LogP contribution >= 0.6 is 0 Å². The average Bonchev–Trinajstić information content (AvgIpc) is 2.82. The minimum absolute atomic E-state index is 0.00886. The Morgan fingerprint density at radius 2 is 1.67 bits per heavy atom. The van der Waals surface area contributed by atoms with Crippen LogP contribution in [0.4, 0.5) is 11.4 Å². The van der Waals surface area contributed by atoms with Crippen LogP contribution in [-0.2, 0) is 19.1 Å². The summed E-state index contributed by atoms with van der Waals surface area (Å²) >= 11 is 0. The van der Waals surface area contributed by atoms with E-state index in [4.69, 9.17) is 14.6 Å². The topological polar surface area (TPSA) is 153 Å². The molecule has 3 N–H and O–H groups in total. The molecule has 0 atom stereocenters. The van der Waals surface area contributed by atoms with E-state index in [0.717, 1.165) is 6.92 Å². The number of esters is 2. The van der Waals surface area contributed by atoms with Crippen LogP contribution in [0.15, 0.2) is 47.6 Å². The van der Waals surface area contributed by atoms with Gasteiger partial charge in [-0.3, -0.25) is 15.0 Å². The molecule has 33 heavy (non-hydrogen) atoms. The van der Waals surface area contributed by atoms with Gasteiger partial charge in [0.25, 0.3) is 5.91 Å². The van der Waals surface area contributed by atoms with Gasteiger partial charge in [-0.15, -0.1) is 0 Å². The highest BCUT2D eigenvalue weighted by molar-refractivity contribution is 6.67. The number of ether oxygens (including phenoxy) is 3. The summed E-state index contributed by atoms with van der Waals surface area (Å²) in [6.45, 7) is 0.925. The summed E-state index contributed by atoms with van der Waals surface area (Å²) in [6.07, 6.45) is 0. The number of nitrogens with zero attached hydrogens (tertiary/aromatic N) is 1. The molecule has 0 heterocycles. The number of methoxy groups -OCH3 is 2. The Balaban J connectivity index is 2.35. The van der Waals surface area contributed by atoms with Crippen molar-refractivity contribution >= 4 is 40.7 Å². The molecule has 0 aromatic heterocycles. The molecule has 2 rings (SSSR count). The second-order valence-electron chi connectivity index (χ2n) is 6.39. The van der Waals surface area contributed by atoms with Gasteiger partial charge in [-0.1, -0.05) is 12.1 Å². The number of para-hydroxylation sites is 2. The maximum Gasteiger partial charge on any atom is 0.340 e. The van der Waals surface area contributed by atoms with Crippen molar-refractivity contribution in [2.24, 2.45) is 5.10 Å². The number of benzene rings is 2. The Kier molecular flexibility index (Phi) is 9.06. The number of ketones is 1. The molecular weight excluding hydrogens is 434 g/mol. The Morgan fingerprint density at radius 1 is 0.970 bits per heavy atom. The fourth-order valence-corrected chi connectivity index (χ4v) is 2.61. The smallest absolute Gasteiger partial charge is 0.340 e. The molecule has 1 amide bonds. The number of carbonyl (C=O) groups excluding carboxylic acids is 4. The van der Waals surface area contributed by atoms with Gasteiger partial charge in [0.2, 0.25) is 0 Å². The zero-order valence-corrected chi connectivity index (χ0v) is 18.2. The molecule has 0 saturated heterocycles. The summed E-state index contributed by atoms with van der Waals surface area (Å²) in [7, 11) is 2.37. The van der Waals surface area contributed by atoms with E-state index in [1.807, 2.05) is 0 Å². The first-order valence-corrected chi connectivity index (χ1v) is 9.61. The summed E-state index contributed by atoms with van der Waals surface area (Å²) in [5.41, 5.74) is 2.36. The van der Waals surface area contributed by atoms with Crippen molar-refractivity contribution in [3.05, 3.63) is 53.6 Å². The van der Waals surface area contributed by atoms with Gasteiger partial charge in [0, 0.05) is 6.92 Å². The van der Waals surface area contributed by atoms with Gasteiger partial charge in [0.05, 0.1) is 43.3 Å². The SMILES string of the molecule is COC(=O)c1ccc(C(=O)OC)c(N/N=C(/C(C)=O)C(=O)Nc2ccccc2OCCO)c1. The highest BCUT2D eigenvalue weighted by Crippen LogP contribution is 2.24. The molecule has 0 aliphatic rings. The molecule has 0 aliphatic carbocycles. The fourth-order valence-electron chi connectivity index (χ4n) is 2.61. The zero-order valence-electron chi connectivity index (χ0n) is 18.2. The molecule has 11 nitrogen and oxygen atoms in total. The number of Topliss-reactive ketones (excluding diaryl/α,β-unsaturated/α-hetero) is 1. The van der Waals surface area contributed by atoms with Crippen LogP contribution in [0.25, 0.3) is 0 Å². The van der Waals surface area contributed by atoms with Crippen molar-refractivity contribution in [1.82, 2.24) is 0 Å². The van der Waals surface area contributed by atoms with Crippen molar-refractivity contribution < 1.29 is 38.5 Å². The standard InChI is InChI=1S/C22H23N3O8/c1-13(27)19(20(28)23-16-6-4-5-7-18(16)33-11-10-26)25-24-17-12-14(21(29)31-2)8-9-15(17)22(30)32-3/h4-9,12,24,26H,10-11H2,1-3H3,(H,23,28)/b25-19-. The number of carbonyl (C=O) groups is 4. The molecule has 174 valence electrons. The lowest BCUT2D eigenvalue weighted by molar-refractivity contribution is -0.114. The van der Waals surface area contributed by atoms with Gasteiger partial charge in [0.1, 0.15) is 12.4 Å². The van der Waals surface area contributed by atoms with Gasteiger partial charge < -0.3 is 24.6 Å². The molecule has 0 bridgehead atoms.